The molecule has 2 aromatic rings. The molecule has 17 heavy (non-hydrogen) atoms. The van der Waals surface area contributed by atoms with Crippen LogP contribution < -0.4 is 5.73 Å². The van der Waals surface area contributed by atoms with Gasteiger partial charge < -0.3 is 10.3 Å². The highest BCUT2D eigenvalue weighted by Gasteiger charge is 2.18. The maximum Gasteiger partial charge on any atom is 0.246 e. The lowest BCUT2D eigenvalue weighted by Crippen LogP contribution is -2.21. The third-order valence-electron chi connectivity index (χ3n) is 2.92. The van der Waals surface area contributed by atoms with E-state index in [1.807, 2.05) is 35.8 Å². The lowest BCUT2D eigenvalue weighted by Gasteiger charge is -2.18. The van der Waals surface area contributed by atoms with E-state index in [1.54, 1.807) is 6.33 Å². The quantitative estimate of drug-likeness (QED) is 0.815. The van der Waals surface area contributed by atoms with Gasteiger partial charge in [0.25, 0.3) is 0 Å². The van der Waals surface area contributed by atoms with E-state index in [0.29, 0.717) is 5.57 Å². The molecule has 0 saturated carbocycles. The first-order valence-corrected chi connectivity index (χ1v) is 5.55. The van der Waals surface area contributed by atoms with Crippen LogP contribution in [0.15, 0.2) is 42.7 Å². The van der Waals surface area contributed by atoms with Gasteiger partial charge in [-0.15, -0.1) is 0 Å². The minimum absolute atomic E-state index is 0.125. The van der Waals surface area contributed by atoms with Crippen LogP contribution in [0.5, 0.6) is 0 Å². The SMILES string of the molecule is C=C(C(N)=O)C(CC)n1cnc2ccccc21. The van der Waals surface area contributed by atoms with E-state index in [4.69, 9.17) is 5.73 Å². The molecule has 1 unspecified atom stereocenters. The number of nitrogens with two attached hydrogens (primary N) is 1. The first-order chi connectivity index (χ1) is 8.15. The zero-order chi connectivity index (χ0) is 12.4. The van der Waals surface area contributed by atoms with Gasteiger partial charge in [0.05, 0.1) is 23.4 Å². The molecule has 0 aliphatic rings. The summed E-state index contributed by atoms with van der Waals surface area (Å²) in [6, 6.07) is 7.66. The number of fused-ring (bicyclic) bond motifs is 1. The van der Waals surface area contributed by atoms with Crippen molar-refractivity contribution in [2.75, 3.05) is 0 Å². The van der Waals surface area contributed by atoms with E-state index in [1.165, 1.54) is 0 Å². The number of imidazole rings is 1. The molecule has 1 amide bonds. The molecule has 0 radical (unpaired) electrons. The van der Waals surface area contributed by atoms with E-state index < -0.39 is 5.91 Å². The molecule has 0 spiro atoms. The number of carbonyl (C=O) groups is 1. The minimum atomic E-state index is -0.463. The van der Waals surface area contributed by atoms with Crippen molar-refractivity contribution in [1.82, 2.24) is 9.55 Å². The van der Waals surface area contributed by atoms with Crippen LogP contribution >= 0.6 is 0 Å². The summed E-state index contributed by atoms with van der Waals surface area (Å²) in [5, 5.41) is 0. The van der Waals surface area contributed by atoms with Crippen molar-refractivity contribution in [2.45, 2.75) is 19.4 Å². The first-order valence-electron chi connectivity index (χ1n) is 5.55. The van der Waals surface area contributed by atoms with Gasteiger partial charge in [-0.25, -0.2) is 4.98 Å². The number of primary amides is 1. The van der Waals surface area contributed by atoms with E-state index in [2.05, 4.69) is 11.6 Å². The third kappa shape index (κ3) is 1.93. The van der Waals surface area contributed by atoms with Crippen LogP contribution in [0.2, 0.25) is 0 Å². The first kappa shape index (κ1) is 11.4. The van der Waals surface area contributed by atoms with Gasteiger partial charge in [0.15, 0.2) is 0 Å². The van der Waals surface area contributed by atoms with Gasteiger partial charge in [-0.05, 0) is 18.6 Å². The normalized spacial score (nSPS) is 12.5. The van der Waals surface area contributed by atoms with Crippen LogP contribution in [-0.4, -0.2) is 15.5 Å². The molecular formula is C13H15N3O. The summed E-state index contributed by atoms with van der Waals surface area (Å²) in [5.74, 6) is -0.463. The Kier molecular flexibility index (Phi) is 2.95. The van der Waals surface area contributed by atoms with Gasteiger partial charge in [0, 0.05) is 5.57 Å². The zero-order valence-electron chi connectivity index (χ0n) is 9.76. The van der Waals surface area contributed by atoms with Crippen molar-refractivity contribution in [3.8, 4) is 0 Å². The van der Waals surface area contributed by atoms with E-state index in [0.717, 1.165) is 17.5 Å². The molecule has 1 aromatic heterocycles. The molecule has 4 nitrogen and oxygen atoms in total. The summed E-state index contributed by atoms with van der Waals surface area (Å²) in [4.78, 5) is 15.5. The monoisotopic (exact) mass is 229 g/mol. The van der Waals surface area contributed by atoms with Crippen molar-refractivity contribution in [2.24, 2.45) is 5.73 Å². The van der Waals surface area contributed by atoms with Crippen LogP contribution in [0.3, 0.4) is 0 Å². The maximum absolute atomic E-state index is 11.2. The molecule has 4 heteroatoms. The maximum atomic E-state index is 11.2. The zero-order valence-corrected chi connectivity index (χ0v) is 9.76. The summed E-state index contributed by atoms with van der Waals surface area (Å²) in [6.07, 6.45) is 2.48. The molecule has 0 saturated heterocycles. The second kappa shape index (κ2) is 4.41. The molecule has 0 fully saturated rings. The molecule has 0 bridgehead atoms. The molecule has 0 aliphatic carbocycles. The fourth-order valence-corrected chi connectivity index (χ4v) is 2.00. The highest BCUT2D eigenvalue weighted by Crippen LogP contribution is 2.24. The number of carbonyl (C=O) groups excluding carboxylic acids is 1. The van der Waals surface area contributed by atoms with Crippen LogP contribution in [0.25, 0.3) is 11.0 Å². The Morgan fingerprint density at radius 1 is 1.53 bits per heavy atom. The Hall–Kier alpha value is -2.10. The van der Waals surface area contributed by atoms with Crippen molar-refractivity contribution in [3.05, 3.63) is 42.7 Å². The van der Waals surface area contributed by atoms with Gasteiger partial charge >= 0.3 is 0 Å². The Morgan fingerprint density at radius 2 is 2.24 bits per heavy atom. The number of para-hydroxylation sites is 2. The van der Waals surface area contributed by atoms with E-state index in [-0.39, 0.29) is 6.04 Å². The molecule has 1 aromatic carbocycles. The fourth-order valence-electron chi connectivity index (χ4n) is 2.00. The van der Waals surface area contributed by atoms with Crippen LogP contribution in [0, 0.1) is 0 Å². The van der Waals surface area contributed by atoms with E-state index >= 15 is 0 Å². The summed E-state index contributed by atoms with van der Waals surface area (Å²) in [5.41, 5.74) is 7.60. The number of rotatable bonds is 4. The van der Waals surface area contributed by atoms with Gasteiger partial charge in [-0.3, -0.25) is 4.79 Å². The predicted molar refractivity (Wildman–Crippen MR) is 67.4 cm³/mol. The number of benzene rings is 1. The highest BCUT2D eigenvalue weighted by atomic mass is 16.1. The van der Waals surface area contributed by atoms with Gasteiger partial charge in [-0.1, -0.05) is 25.6 Å². The largest absolute Gasteiger partial charge is 0.366 e. The predicted octanol–water partition coefficient (Wildman–Crippen LogP) is 2.03. The standard InChI is InChI=1S/C13H15N3O/c1-3-11(9(2)13(14)17)16-8-15-10-6-4-5-7-12(10)16/h4-8,11H,2-3H2,1H3,(H2,14,17). The number of nitrogens with zero attached hydrogens (tertiary/aromatic N) is 2. The number of hydrogen-bond donors (Lipinski definition) is 1. The summed E-state index contributed by atoms with van der Waals surface area (Å²) in [7, 11) is 0. The lowest BCUT2D eigenvalue weighted by molar-refractivity contribution is -0.115. The fraction of sp³-hybridized carbons (Fsp3) is 0.231. The Morgan fingerprint density at radius 3 is 2.88 bits per heavy atom. The topological polar surface area (TPSA) is 60.9 Å². The molecule has 1 heterocycles. The van der Waals surface area contributed by atoms with Crippen molar-refractivity contribution < 1.29 is 4.79 Å². The van der Waals surface area contributed by atoms with Gasteiger partial charge in [0.1, 0.15) is 0 Å². The lowest BCUT2D eigenvalue weighted by atomic mass is 10.1. The molecular weight excluding hydrogens is 214 g/mol. The number of amides is 1. The summed E-state index contributed by atoms with van der Waals surface area (Å²) < 4.78 is 1.95. The van der Waals surface area contributed by atoms with Crippen LogP contribution in [0.4, 0.5) is 0 Å². The van der Waals surface area contributed by atoms with Crippen molar-refractivity contribution >= 4 is 16.9 Å². The highest BCUT2D eigenvalue weighted by molar-refractivity contribution is 5.92. The Labute approximate surface area is 99.8 Å². The molecule has 1 atom stereocenters. The van der Waals surface area contributed by atoms with Crippen molar-refractivity contribution in [1.29, 1.82) is 0 Å². The smallest absolute Gasteiger partial charge is 0.246 e. The Bertz CT molecular complexity index is 571. The molecule has 2 N–H and O–H groups in total. The van der Waals surface area contributed by atoms with E-state index in [9.17, 15) is 4.79 Å². The second-order valence-corrected chi connectivity index (χ2v) is 3.95. The molecule has 2 rings (SSSR count). The van der Waals surface area contributed by atoms with Crippen LogP contribution in [0.1, 0.15) is 19.4 Å². The minimum Gasteiger partial charge on any atom is -0.366 e. The Balaban J connectivity index is 2.50. The van der Waals surface area contributed by atoms with Gasteiger partial charge in [0.2, 0.25) is 5.91 Å². The summed E-state index contributed by atoms with van der Waals surface area (Å²) in [6.45, 7) is 5.76. The molecule has 88 valence electrons. The number of hydrogen-bond acceptors (Lipinski definition) is 2. The van der Waals surface area contributed by atoms with Crippen LogP contribution in [-0.2, 0) is 4.79 Å². The second-order valence-electron chi connectivity index (χ2n) is 3.95. The molecule has 0 aliphatic heterocycles. The summed E-state index contributed by atoms with van der Waals surface area (Å²) >= 11 is 0. The third-order valence-corrected chi connectivity index (χ3v) is 2.92. The number of aromatic nitrogens is 2. The average Bonchev–Trinajstić information content (AvgIpc) is 2.74. The van der Waals surface area contributed by atoms with Gasteiger partial charge in [-0.2, -0.15) is 0 Å². The van der Waals surface area contributed by atoms with Crippen molar-refractivity contribution in [3.63, 3.8) is 0 Å². The average molecular weight is 229 g/mol.